The molecule has 0 aliphatic carbocycles. The van der Waals surface area contributed by atoms with Crippen molar-refractivity contribution in [3.05, 3.63) is 35.4 Å². The van der Waals surface area contributed by atoms with Gasteiger partial charge in [-0.3, -0.25) is 4.79 Å². The fraction of sp³-hybridized carbons (Fsp3) is 0.500. The van der Waals surface area contributed by atoms with E-state index in [1.807, 2.05) is 19.1 Å². The van der Waals surface area contributed by atoms with E-state index in [9.17, 15) is 9.59 Å². The Balaban J connectivity index is 2.46. The zero-order chi connectivity index (χ0) is 15.9. The van der Waals surface area contributed by atoms with Crippen LogP contribution in [-0.2, 0) is 16.0 Å². The van der Waals surface area contributed by atoms with Crippen molar-refractivity contribution in [2.45, 2.75) is 38.6 Å². The summed E-state index contributed by atoms with van der Waals surface area (Å²) in [5.41, 5.74) is 6.69. The highest BCUT2D eigenvalue weighted by Crippen LogP contribution is 2.09. The van der Waals surface area contributed by atoms with Gasteiger partial charge in [-0.1, -0.05) is 25.5 Å². The molecule has 1 unspecified atom stereocenters. The Morgan fingerprint density at radius 3 is 2.43 bits per heavy atom. The van der Waals surface area contributed by atoms with Crippen molar-refractivity contribution < 1.29 is 14.3 Å². The summed E-state index contributed by atoms with van der Waals surface area (Å²) < 4.78 is 4.64. The molecule has 0 heterocycles. The van der Waals surface area contributed by atoms with E-state index in [4.69, 9.17) is 5.73 Å². The SMILES string of the molecule is CCCC(C)(N)C(=O)NCCc1ccc(C(=O)OC)cc1. The Bertz CT molecular complexity index is 481. The maximum Gasteiger partial charge on any atom is 0.337 e. The second kappa shape index (κ2) is 7.78. The topological polar surface area (TPSA) is 81.4 Å². The van der Waals surface area contributed by atoms with Crippen molar-refractivity contribution in [3.63, 3.8) is 0 Å². The third-order valence-corrected chi connectivity index (χ3v) is 3.36. The van der Waals surface area contributed by atoms with Crippen LogP contribution in [0.2, 0.25) is 0 Å². The van der Waals surface area contributed by atoms with Gasteiger partial charge in [-0.2, -0.15) is 0 Å². The second-order valence-electron chi connectivity index (χ2n) is 5.36. The Hall–Kier alpha value is -1.88. The number of nitrogens with one attached hydrogen (secondary N) is 1. The highest BCUT2D eigenvalue weighted by molar-refractivity contribution is 5.89. The van der Waals surface area contributed by atoms with Gasteiger partial charge in [0.05, 0.1) is 18.2 Å². The minimum Gasteiger partial charge on any atom is -0.465 e. The van der Waals surface area contributed by atoms with E-state index in [2.05, 4.69) is 10.1 Å². The van der Waals surface area contributed by atoms with Crippen molar-refractivity contribution in [2.75, 3.05) is 13.7 Å². The van der Waals surface area contributed by atoms with Crippen LogP contribution in [0, 0.1) is 0 Å². The van der Waals surface area contributed by atoms with E-state index in [0.29, 0.717) is 24.9 Å². The lowest BCUT2D eigenvalue weighted by Gasteiger charge is -2.22. The number of hydrogen-bond donors (Lipinski definition) is 2. The Morgan fingerprint density at radius 1 is 1.29 bits per heavy atom. The van der Waals surface area contributed by atoms with Crippen LogP contribution in [0.5, 0.6) is 0 Å². The number of nitrogens with two attached hydrogens (primary N) is 1. The van der Waals surface area contributed by atoms with Crippen LogP contribution >= 0.6 is 0 Å². The molecule has 0 radical (unpaired) electrons. The summed E-state index contributed by atoms with van der Waals surface area (Å²) in [6.45, 7) is 4.27. The molecule has 1 aromatic rings. The molecule has 5 nitrogen and oxygen atoms in total. The fourth-order valence-electron chi connectivity index (χ4n) is 2.08. The molecule has 1 amide bonds. The van der Waals surface area contributed by atoms with Gasteiger partial charge in [0, 0.05) is 6.54 Å². The molecule has 0 spiro atoms. The molecule has 0 saturated heterocycles. The number of amides is 1. The molecule has 1 rings (SSSR count). The first kappa shape index (κ1) is 17.2. The average Bonchev–Trinajstić information content (AvgIpc) is 2.47. The summed E-state index contributed by atoms with van der Waals surface area (Å²) in [5.74, 6) is -0.483. The van der Waals surface area contributed by atoms with E-state index < -0.39 is 5.54 Å². The van der Waals surface area contributed by atoms with Crippen LogP contribution < -0.4 is 11.1 Å². The van der Waals surface area contributed by atoms with Gasteiger partial charge in [0.25, 0.3) is 0 Å². The summed E-state index contributed by atoms with van der Waals surface area (Å²) in [5, 5.41) is 2.85. The number of carbonyl (C=O) groups excluding carboxylic acids is 2. The maximum atomic E-state index is 11.9. The number of methoxy groups -OCH3 is 1. The van der Waals surface area contributed by atoms with E-state index in [0.717, 1.165) is 12.0 Å². The quantitative estimate of drug-likeness (QED) is 0.749. The molecule has 0 bridgehead atoms. The monoisotopic (exact) mass is 292 g/mol. The van der Waals surface area contributed by atoms with Crippen molar-refractivity contribution in [3.8, 4) is 0 Å². The molecule has 0 aliphatic rings. The summed E-state index contributed by atoms with van der Waals surface area (Å²) in [6, 6.07) is 7.14. The van der Waals surface area contributed by atoms with Crippen LogP contribution in [0.15, 0.2) is 24.3 Å². The van der Waals surface area contributed by atoms with E-state index in [1.54, 1.807) is 19.1 Å². The lowest BCUT2D eigenvalue weighted by Crippen LogP contribution is -2.51. The molecule has 1 atom stereocenters. The number of carbonyl (C=O) groups is 2. The molecule has 116 valence electrons. The second-order valence-corrected chi connectivity index (χ2v) is 5.36. The lowest BCUT2D eigenvalue weighted by atomic mass is 9.96. The molecule has 0 saturated carbocycles. The first-order valence-electron chi connectivity index (χ1n) is 7.15. The largest absolute Gasteiger partial charge is 0.465 e. The van der Waals surface area contributed by atoms with Crippen molar-refractivity contribution in [1.29, 1.82) is 0 Å². The molecular weight excluding hydrogens is 268 g/mol. The van der Waals surface area contributed by atoms with E-state index >= 15 is 0 Å². The molecule has 0 aliphatic heterocycles. The first-order chi connectivity index (χ1) is 9.90. The van der Waals surface area contributed by atoms with Crippen LogP contribution in [0.3, 0.4) is 0 Å². The number of hydrogen-bond acceptors (Lipinski definition) is 4. The summed E-state index contributed by atoms with van der Waals surface area (Å²) in [7, 11) is 1.35. The van der Waals surface area contributed by atoms with Crippen molar-refractivity contribution in [2.24, 2.45) is 5.73 Å². The molecule has 1 aromatic carbocycles. The average molecular weight is 292 g/mol. The standard InChI is InChI=1S/C16H24N2O3/c1-4-10-16(2,17)15(20)18-11-9-12-5-7-13(8-6-12)14(19)21-3/h5-8H,4,9-11,17H2,1-3H3,(H,18,20). The molecule has 3 N–H and O–H groups in total. The molecular formula is C16H24N2O3. The van der Waals surface area contributed by atoms with Gasteiger partial charge in [-0.15, -0.1) is 0 Å². The minimum absolute atomic E-state index is 0.129. The summed E-state index contributed by atoms with van der Waals surface area (Å²) in [4.78, 5) is 23.2. The van der Waals surface area contributed by atoms with Crippen LogP contribution in [0.4, 0.5) is 0 Å². The zero-order valence-corrected chi connectivity index (χ0v) is 12.9. The highest BCUT2D eigenvalue weighted by atomic mass is 16.5. The third kappa shape index (κ3) is 5.19. The number of benzene rings is 1. The third-order valence-electron chi connectivity index (χ3n) is 3.36. The van der Waals surface area contributed by atoms with Crippen molar-refractivity contribution in [1.82, 2.24) is 5.32 Å². The molecule has 21 heavy (non-hydrogen) atoms. The normalized spacial score (nSPS) is 13.3. The van der Waals surface area contributed by atoms with Gasteiger partial charge in [0.2, 0.25) is 5.91 Å². The molecule has 5 heteroatoms. The van der Waals surface area contributed by atoms with E-state index in [1.165, 1.54) is 7.11 Å². The summed E-state index contributed by atoms with van der Waals surface area (Å²) in [6.07, 6.45) is 2.22. The Kier molecular flexibility index (Phi) is 6.37. The smallest absolute Gasteiger partial charge is 0.337 e. The minimum atomic E-state index is -0.816. The van der Waals surface area contributed by atoms with Crippen LogP contribution in [0.1, 0.15) is 42.6 Å². The fourth-order valence-corrected chi connectivity index (χ4v) is 2.08. The summed E-state index contributed by atoms with van der Waals surface area (Å²) >= 11 is 0. The van der Waals surface area contributed by atoms with Gasteiger partial charge >= 0.3 is 5.97 Å². The van der Waals surface area contributed by atoms with Crippen molar-refractivity contribution >= 4 is 11.9 Å². The lowest BCUT2D eigenvalue weighted by molar-refractivity contribution is -0.126. The molecule has 0 aromatic heterocycles. The number of ether oxygens (including phenoxy) is 1. The van der Waals surface area contributed by atoms with Gasteiger partial charge in [0.1, 0.15) is 0 Å². The van der Waals surface area contributed by atoms with Gasteiger partial charge < -0.3 is 15.8 Å². The van der Waals surface area contributed by atoms with Crippen LogP contribution in [-0.4, -0.2) is 31.1 Å². The number of esters is 1. The zero-order valence-electron chi connectivity index (χ0n) is 12.9. The van der Waals surface area contributed by atoms with Crippen LogP contribution in [0.25, 0.3) is 0 Å². The molecule has 0 fully saturated rings. The number of rotatable bonds is 7. The Morgan fingerprint density at radius 2 is 1.90 bits per heavy atom. The van der Waals surface area contributed by atoms with Gasteiger partial charge in [-0.25, -0.2) is 4.79 Å². The Labute approximate surface area is 125 Å². The predicted octanol–water partition coefficient (Wildman–Crippen LogP) is 1.65. The maximum absolute atomic E-state index is 11.9. The van der Waals surface area contributed by atoms with E-state index in [-0.39, 0.29) is 11.9 Å². The van der Waals surface area contributed by atoms with Gasteiger partial charge in [-0.05, 0) is 37.5 Å². The van der Waals surface area contributed by atoms with Gasteiger partial charge in [0.15, 0.2) is 0 Å². The predicted molar refractivity (Wildman–Crippen MR) is 82.0 cm³/mol. The first-order valence-corrected chi connectivity index (χ1v) is 7.15. The highest BCUT2D eigenvalue weighted by Gasteiger charge is 2.26.